The fraction of sp³-hybridized carbons (Fsp3) is 0.417. The van der Waals surface area contributed by atoms with Gasteiger partial charge in [0.15, 0.2) is 0 Å². The largest absolute Gasteiger partial charge is 0.399 e. The second kappa shape index (κ2) is 5.51. The van der Waals surface area contributed by atoms with Crippen LogP contribution in [0.4, 0.5) is 5.69 Å². The minimum Gasteiger partial charge on any atom is -0.399 e. The zero-order valence-electron chi connectivity index (χ0n) is 10.1. The van der Waals surface area contributed by atoms with Crippen LogP contribution in [0.15, 0.2) is 18.2 Å². The summed E-state index contributed by atoms with van der Waals surface area (Å²) in [5, 5.41) is 2.85. The van der Waals surface area contributed by atoms with Crippen molar-refractivity contribution in [3.63, 3.8) is 0 Å². The molecule has 4 heteroatoms. The van der Waals surface area contributed by atoms with Gasteiger partial charge in [-0.05, 0) is 44.8 Å². The molecule has 0 spiro atoms. The number of amides is 1. The van der Waals surface area contributed by atoms with Crippen LogP contribution in [0.5, 0.6) is 0 Å². The molecule has 4 nitrogen and oxygen atoms in total. The first-order valence-corrected chi connectivity index (χ1v) is 5.29. The van der Waals surface area contributed by atoms with Gasteiger partial charge in [-0.15, -0.1) is 0 Å². The monoisotopic (exact) mass is 221 g/mol. The van der Waals surface area contributed by atoms with Gasteiger partial charge in [-0.25, -0.2) is 0 Å². The van der Waals surface area contributed by atoms with Crippen molar-refractivity contribution in [1.29, 1.82) is 0 Å². The van der Waals surface area contributed by atoms with E-state index in [1.165, 1.54) is 0 Å². The minimum absolute atomic E-state index is 0.0720. The van der Waals surface area contributed by atoms with Gasteiger partial charge in [0.2, 0.25) is 0 Å². The number of hydrogen-bond donors (Lipinski definition) is 2. The molecule has 1 aromatic rings. The van der Waals surface area contributed by atoms with Crippen LogP contribution in [-0.2, 0) is 0 Å². The zero-order valence-corrected chi connectivity index (χ0v) is 10.1. The van der Waals surface area contributed by atoms with Crippen LogP contribution >= 0.6 is 0 Å². The summed E-state index contributed by atoms with van der Waals surface area (Å²) in [5.74, 6) is -0.0720. The molecule has 0 bridgehead atoms. The number of anilines is 1. The molecule has 1 aromatic carbocycles. The molecule has 1 rings (SSSR count). The van der Waals surface area contributed by atoms with Gasteiger partial charge < -0.3 is 16.0 Å². The number of rotatable bonds is 4. The smallest absolute Gasteiger partial charge is 0.251 e. The molecule has 0 unspecified atom stereocenters. The highest BCUT2D eigenvalue weighted by atomic mass is 16.1. The molecule has 0 fully saturated rings. The molecule has 0 atom stereocenters. The van der Waals surface area contributed by atoms with E-state index in [1.807, 2.05) is 38.1 Å². The highest BCUT2D eigenvalue weighted by Gasteiger charge is 2.06. The Hall–Kier alpha value is -1.55. The summed E-state index contributed by atoms with van der Waals surface area (Å²) in [6, 6.07) is 5.37. The predicted octanol–water partition coefficient (Wildman–Crippen LogP) is 0.869. The Labute approximate surface area is 96.4 Å². The van der Waals surface area contributed by atoms with E-state index in [-0.39, 0.29) is 5.91 Å². The number of carbonyl (C=O) groups excluding carboxylic acids is 1. The molecular formula is C12H19N3O. The summed E-state index contributed by atoms with van der Waals surface area (Å²) in [5.41, 5.74) is 7.93. The number of nitrogens with one attached hydrogen (secondary N) is 1. The molecule has 3 N–H and O–H groups in total. The van der Waals surface area contributed by atoms with Gasteiger partial charge in [0, 0.05) is 24.3 Å². The summed E-state index contributed by atoms with van der Waals surface area (Å²) < 4.78 is 0. The van der Waals surface area contributed by atoms with Crippen molar-refractivity contribution in [3.05, 3.63) is 29.3 Å². The summed E-state index contributed by atoms with van der Waals surface area (Å²) >= 11 is 0. The molecule has 0 saturated heterocycles. The molecule has 0 aliphatic rings. The van der Waals surface area contributed by atoms with Crippen molar-refractivity contribution >= 4 is 11.6 Å². The number of nitrogens with two attached hydrogens (primary N) is 1. The standard InChI is InChI=1S/C12H19N3O/c1-9-6-10(8-11(13)7-9)12(16)14-4-5-15(2)3/h6-8H,4-5,13H2,1-3H3,(H,14,16). The van der Waals surface area contributed by atoms with Gasteiger partial charge >= 0.3 is 0 Å². The first-order valence-electron chi connectivity index (χ1n) is 5.29. The zero-order chi connectivity index (χ0) is 12.1. The van der Waals surface area contributed by atoms with Gasteiger partial charge in [-0.3, -0.25) is 4.79 Å². The molecule has 0 heterocycles. The van der Waals surface area contributed by atoms with E-state index >= 15 is 0 Å². The molecule has 0 aliphatic heterocycles. The fourth-order valence-electron chi connectivity index (χ4n) is 1.44. The Bertz CT molecular complexity index is 354. The van der Waals surface area contributed by atoms with E-state index < -0.39 is 0 Å². The lowest BCUT2D eigenvalue weighted by atomic mass is 10.1. The van der Waals surface area contributed by atoms with E-state index in [0.717, 1.165) is 12.1 Å². The van der Waals surface area contributed by atoms with Crippen LogP contribution in [-0.4, -0.2) is 38.0 Å². The quantitative estimate of drug-likeness (QED) is 0.742. The van der Waals surface area contributed by atoms with Crippen LogP contribution < -0.4 is 11.1 Å². The molecule has 0 aromatic heterocycles. The summed E-state index contributed by atoms with van der Waals surface area (Å²) in [7, 11) is 3.94. The fourth-order valence-corrected chi connectivity index (χ4v) is 1.44. The van der Waals surface area contributed by atoms with E-state index in [9.17, 15) is 4.79 Å². The van der Waals surface area contributed by atoms with Crippen LogP contribution in [0.1, 0.15) is 15.9 Å². The minimum atomic E-state index is -0.0720. The number of nitrogen functional groups attached to an aromatic ring is 1. The van der Waals surface area contributed by atoms with E-state index in [4.69, 9.17) is 5.73 Å². The molecule has 1 amide bonds. The van der Waals surface area contributed by atoms with Crippen molar-refractivity contribution in [1.82, 2.24) is 10.2 Å². The van der Waals surface area contributed by atoms with Crippen molar-refractivity contribution in [3.8, 4) is 0 Å². The predicted molar refractivity (Wildman–Crippen MR) is 66.5 cm³/mol. The first kappa shape index (κ1) is 12.5. The Balaban J connectivity index is 2.59. The average Bonchev–Trinajstić information content (AvgIpc) is 2.15. The Morgan fingerprint density at radius 2 is 2.06 bits per heavy atom. The lowest BCUT2D eigenvalue weighted by Gasteiger charge is -2.11. The molecule has 0 aliphatic carbocycles. The van der Waals surface area contributed by atoms with Crippen molar-refractivity contribution in [2.45, 2.75) is 6.92 Å². The van der Waals surface area contributed by atoms with E-state index in [1.54, 1.807) is 6.07 Å². The number of likely N-dealkylation sites (N-methyl/N-ethyl adjacent to an activating group) is 1. The topological polar surface area (TPSA) is 58.4 Å². The Morgan fingerprint density at radius 3 is 2.62 bits per heavy atom. The highest BCUT2D eigenvalue weighted by molar-refractivity contribution is 5.95. The van der Waals surface area contributed by atoms with Gasteiger partial charge in [-0.1, -0.05) is 0 Å². The second-order valence-corrected chi connectivity index (χ2v) is 4.19. The molecule has 0 saturated carbocycles. The van der Waals surface area contributed by atoms with Gasteiger partial charge in [-0.2, -0.15) is 0 Å². The van der Waals surface area contributed by atoms with Gasteiger partial charge in [0.1, 0.15) is 0 Å². The van der Waals surface area contributed by atoms with Crippen LogP contribution in [0.3, 0.4) is 0 Å². The summed E-state index contributed by atoms with van der Waals surface area (Å²) in [6.07, 6.45) is 0. The number of benzene rings is 1. The second-order valence-electron chi connectivity index (χ2n) is 4.19. The first-order chi connectivity index (χ1) is 7.49. The third-order valence-electron chi connectivity index (χ3n) is 2.21. The summed E-state index contributed by atoms with van der Waals surface area (Å²) in [6.45, 7) is 3.39. The van der Waals surface area contributed by atoms with E-state index in [0.29, 0.717) is 17.8 Å². The van der Waals surface area contributed by atoms with Crippen LogP contribution in [0.2, 0.25) is 0 Å². The third-order valence-corrected chi connectivity index (χ3v) is 2.21. The third kappa shape index (κ3) is 3.90. The van der Waals surface area contributed by atoms with Crippen molar-refractivity contribution in [2.75, 3.05) is 32.9 Å². The maximum absolute atomic E-state index is 11.7. The SMILES string of the molecule is Cc1cc(N)cc(C(=O)NCCN(C)C)c1. The maximum Gasteiger partial charge on any atom is 0.251 e. The van der Waals surface area contributed by atoms with Gasteiger partial charge in [0.25, 0.3) is 5.91 Å². The Kier molecular flexibility index (Phi) is 4.31. The van der Waals surface area contributed by atoms with Gasteiger partial charge in [0.05, 0.1) is 0 Å². The number of hydrogen-bond acceptors (Lipinski definition) is 3. The highest BCUT2D eigenvalue weighted by Crippen LogP contribution is 2.10. The summed E-state index contributed by atoms with van der Waals surface area (Å²) in [4.78, 5) is 13.8. The average molecular weight is 221 g/mol. The van der Waals surface area contributed by atoms with Crippen molar-refractivity contribution in [2.24, 2.45) is 0 Å². The van der Waals surface area contributed by atoms with Crippen LogP contribution in [0, 0.1) is 6.92 Å². The Morgan fingerprint density at radius 1 is 1.38 bits per heavy atom. The molecule has 0 radical (unpaired) electrons. The molecule has 88 valence electrons. The number of carbonyl (C=O) groups is 1. The lowest BCUT2D eigenvalue weighted by Crippen LogP contribution is -2.31. The number of nitrogens with zero attached hydrogens (tertiary/aromatic N) is 1. The maximum atomic E-state index is 11.7. The number of aryl methyl sites for hydroxylation is 1. The van der Waals surface area contributed by atoms with Crippen molar-refractivity contribution < 1.29 is 4.79 Å². The normalized spacial score (nSPS) is 10.5. The molecular weight excluding hydrogens is 202 g/mol. The lowest BCUT2D eigenvalue weighted by molar-refractivity contribution is 0.0951. The molecule has 16 heavy (non-hydrogen) atoms. The van der Waals surface area contributed by atoms with E-state index in [2.05, 4.69) is 5.32 Å². The van der Waals surface area contributed by atoms with Crippen LogP contribution in [0.25, 0.3) is 0 Å².